The summed E-state index contributed by atoms with van der Waals surface area (Å²) >= 11 is 33.4. The second kappa shape index (κ2) is 38.8. The Morgan fingerprint density at radius 3 is 1.40 bits per heavy atom. The number of aromatic nitrogens is 8. The topological polar surface area (TPSA) is 409 Å². The number of ether oxygens (including phenoxy) is 10. The van der Waals surface area contributed by atoms with E-state index in [-0.39, 0.29) is 98.4 Å². The number of hydroxylamine groups is 4. The lowest BCUT2D eigenvalue weighted by atomic mass is 10.3. The van der Waals surface area contributed by atoms with Crippen molar-refractivity contribution in [2.45, 2.75) is 25.7 Å². The predicted molar refractivity (Wildman–Crippen MR) is 279 cm³/mol. The summed E-state index contributed by atoms with van der Waals surface area (Å²) in [6.07, 6.45) is 1.54. The molecule has 5 aromatic rings. The highest BCUT2D eigenvalue weighted by Crippen LogP contribution is 2.34. The minimum Gasteiger partial charge on any atom is -0.467 e. The summed E-state index contributed by atoms with van der Waals surface area (Å²) in [4.78, 5) is 140. The van der Waals surface area contributed by atoms with Crippen LogP contribution in [-0.2, 0) is 57.3 Å². The van der Waals surface area contributed by atoms with Crippen molar-refractivity contribution in [2.24, 2.45) is 0 Å². The number of nitro benzene ring substituents is 1. The third-order valence-corrected chi connectivity index (χ3v) is 9.64. The van der Waals surface area contributed by atoms with E-state index in [9.17, 15) is 53.3 Å². The maximum atomic E-state index is 10.9. The van der Waals surface area contributed by atoms with Gasteiger partial charge in [0.05, 0.1) is 69.8 Å². The van der Waals surface area contributed by atoms with Crippen molar-refractivity contribution in [2.75, 3.05) is 63.5 Å². The molecule has 2 saturated heterocycles. The first-order valence-electron chi connectivity index (χ1n) is 21.5. The number of hydrogen-bond donors (Lipinski definition) is 0. The summed E-state index contributed by atoms with van der Waals surface area (Å²) in [5.74, 6) is -2.49. The van der Waals surface area contributed by atoms with Crippen molar-refractivity contribution in [1.29, 1.82) is 0 Å². The fourth-order valence-corrected chi connectivity index (χ4v) is 5.60. The minimum atomic E-state index is -1.07. The zero-order valence-electron chi connectivity index (χ0n) is 43.8. The Labute approximate surface area is 496 Å². The Balaban J connectivity index is 0.000000486. The molecule has 83 heavy (non-hydrogen) atoms. The van der Waals surface area contributed by atoms with Crippen LogP contribution in [0.1, 0.15) is 25.7 Å². The van der Waals surface area contributed by atoms with E-state index in [0.29, 0.717) is 10.1 Å². The van der Waals surface area contributed by atoms with Gasteiger partial charge in [-0.3, -0.25) is 34.1 Å². The van der Waals surface area contributed by atoms with Crippen molar-refractivity contribution in [3.63, 3.8) is 0 Å². The van der Waals surface area contributed by atoms with Gasteiger partial charge in [0.25, 0.3) is 29.3 Å². The van der Waals surface area contributed by atoms with Crippen molar-refractivity contribution >= 4 is 129 Å². The van der Waals surface area contributed by atoms with Gasteiger partial charge in [0.1, 0.15) is 18.7 Å². The van der Waals surface area contributed by atoms with Crippen LogP contribution in [0.2, 0.25) is 30.9 Å². The molecule has 0 aliphatic carbocycles. The maximum Gasteiger partial charge on any atom is 0.533 e. The molecule has 0 atom stereocenters. The lowest BCUT2D eigenvalue weighted by Crippen LogP contribution is -2.33. The zero-order valence-corrected chi connectivity index (χ0v) is 48.3. The molecule has 40 heteroatoms. The molecule has 0 unspecified atom stereocenters. The summed E-state index contributed by atoms with van der Waals surface area (Å²) < 4.78 is 46.1. The summed E-state index contributed by atoms with van der Waals surface area (Å²) in [5.41, 5.74) is -0.0674. The van der Waals surface area contributed by atoms with Crippen LogP contribution < -0.4 is 23.7 Å². The molecule has 3 aromatic heterocycles. The van der Waals surface area contributed by atoms with Crippen molar-refractivity contribution in [3.8, 4) is 29.5 Å². The van der Waals surface area contributed by atoms with Crippen LogP contribution in [0.4, 0.5) is 24.9 Å². The molecule has 0 N–H and O–H groups in total. The Bertz CT molecular complexity index is 2930. The van der Waals surface area contributed by atoms with Gasteiger partial charge in [0, 0.05) is 63.4 Å². The van der Waals surface area contributed by atoms with Crippen LogP contribution >= 0.6 is 69.6 Å². The smallest absolute Gasteiger partial charge is 0.467 e. The fraction of sp³-hybridized carbons (Fsp3) is 0.302. The number of amides is 4. The number of rotatable bonds is 10. The number of non-ortho nitro benzene ring substituents is 1. The molecule has 7 rings (SSSR count). The molecule has 450 valence electrons. The molecule has 0 bridgehead atoms. The Kier molecular flexibility index (Phi) is 33.7. The predicted octanol–water partition coefficient (Wildman–Crippen LogP) is 6.83. The molecule has 2 aliphatic heterocycles. The van der Waals surface area contributed by atoms with Crippen molar-refractivity contribution < 1.29 is 105 Å². The number of nitrogens with zero attached hydrogens (tertiary/aromatic N) is 11. The van der Waals surface area contributed by atoms with Gasteiger partial charge in [-0.1, -0.05) is 39.9 Å². The van der Waals surface area contributed by atoms with E-state index in [0.717, 1.165) is 7.11 Å². The number of halogens is 6. The summed E-state index contributed by atoms with van der Waals surface area (Å²) in [5, 5.41) is 12.0. The van der Waals surface area contributed by atoms with Crippen LogP contribution in [0.15, 0.2) is 55.1 Å². The minimum absolute atomic E-state index is 0.0249. The quantitative estimate of drug-likeness (QED) is 0.0263. The first-order chi connectivity index (χ1) is 39.3. The van der Waals surface area contributed by atoms with Gasteiger partial charge in [-0.2, -0.15) is 24.9 Å². The Morgan fingerprint density at radius 2 is 0.988 bits per heavy atom. The highest BCUT2D eigenvalue weighted by atomic mass is 35.5. The maximum absolute atomic E-state index is 10.9. The molecule has 4 amide bonds. The zero-order chi connectivity index (χ0) is 62.8. The first-order valence-corrected chi connectivity index (χ1v) is 23.8. The second-order valence-corrected chi connectivity index (χ2v) is 15.8. The van der Waals surface area contributed by atoms with Gasteiger partial charge in [0.2, 0.25) is 15.9 Å². The number of carbonyl (C=O) groups excluding carboxylic acids is 9. The van der Waals surface area contributed by atoms with Gasteiger partial charge in [-0.05, 0) is 53.0 Å². The average Bonchev–Trinajstić information content (AvgIpc) is 4.24. The monoisotopic (exact) mass is 1290 g/mol. The van der Waals surface area contributed by atoms with Gasteiger partial charge in [-0.15, -0.1) is 10.0 Å². The Morgan fingerprint density at radius 1 is 0.554 bits per heavy atom. The highest BCUT2D eigenvalue weighted by Gasteiger charge is 2.34. The van der Waals surface area contributed by atoms with Gasteiger partial charge in [-0.25, -0.2) is 33.5 Å². The molecule has 34 nitrogen and oxygen atoms in total. The van der Waals surface area contributed by atoms with E-state index in [1.165, 1.54) is 109 Å². The van der Waals surface area contributed by atoms with Crippen molar-refractivity contribution in [1.82, 2.24) is 49.6 Å². The van der Waals surface area contributed by atoms with E-state index in [2.05, 4.69) is 77.7 Å². The number of methoxy groups -OCH3 is 8. The number of carbonyl (C=O) groups is 9. The van der Waals surface area contributed by atoms with E-state index < -0.39 is 59.1 Å². The number of hydrogen-bond acceptors (Lipinski definition) is 30. The van der Waals surface area contributed by atoms with Crippen LogP contribution in [0.3, 0.4) is 0 Å². The van der Waals surface area contributed by atoms with Gasteiger partial charge >= 0.3 is 48.6 Å². The molecule has 2 aliphatic rings. The Hall–Kier alpha value is -8.80. The number of nitro groups is 1. The standard InChI is InChI=1S/C8H5Cl3O3.C8H7NO5.C7H9NO5.C6H7NO5.C5H6ClN3O2.C5H6N2O2.C4H3Cl2N3O/c1-13-8(12)14-7-3-5(10)4(9)2-6(7)11;1-13-8(10)14-7-4-2-6(3-5-7)9(11)12;1-12-4-7(11)13-8-5(9)2-3-6(8)10;1-11-6(10)12-7-4(8)2-3-5(7)9;1-10-4-7-3(6)8-5(9-4)11-2;1-9-5(8)7-3-2-6-4-7;1-10-4-8-2(5)7-3(6)9-4/h2-3H,1H3;2-5H,1H3;2-4H2,1H3;2-3H2,1H3;1-2H3;2-4H,1H3;1H3. The lowest BCUT2D eigenvalue weighted by molar-refractivity contribution is -0.384. The van der Waals surface area contributed by atoms with Crippen LogP contribution in [-0.4, -0.2) is 172 Å². The van der Waals surface area contributed by atoms with Crippen LogP contribution in [0, 0.1) is 10.1 Å². The summed E-state index contributed by atoms with van der Waals surface area (Å²) in [7, 11) is 10.4. The lowest BCUT2D eigenvalue weighted by Gasteiger charge is -2.11. The summed E-state index contributed by atoms with van der Waals surface area (Å²) in [6, 6.07) is 8.21. The highest BCUT2D eigenvalue weighted by molar-refractivity contribution is 6.43. The first kappa shape index (κ1) is 72.2. The molecule has 0 radical (unpaired) electrons. The number of benzene rings is 2. The normalized spacial score (nSPS) is 11.5. The molecular formula is C43H43Cl6N11O23. The average molecular weight is 1290 g/mol. The van der Waals surface area contributed by atoms with Gasteiger partial charge in [0.15, 0.2) is 5.75 Å². The van der Waals surface area contributed by atoms with E-state index >= 15 is 0 Å². The van der Waals surface area contributed by atoms with Crippen molar-refractivity contribution in [3.05, 3.63) is 96.2 Å². The molecule has 5 heterocycles. The van der Waals surface area contributed by atoms with Crippen LogP contribution in [0.25, 0.3) is 0 Å². The third-order valence-electron chi connectivity index (χ3n) is 8.11. The molecule has 0 spiro atoms. The SMILES string of the molecule is COC(=O)ON1C(=O)CCC1=O.COC(=O)Oc1cc(Cl)c(Cl)cc1Cl.COC(=O)Oc1ccc([N+](=O)[O-])cc1.COC(=O)n1ccnc1.COCC(=O)ON1C(=O)CCC1=O.COc1nc(Cl)nc(Cl)n1.COc1nc(Cl)nc(OC)n1. The van der Waals surface area contributed by atoms with E-state index in [4.69, 9.17) is 83.8 Å². The molecule has 0 saturated carbocycles. The molecule has 2 aromatic carbocycles. The fourth-order valence-electron chi connectivity index (χ4n) is 4.53. The second-order valence-electron chi connectivity index (χ2n) is 13.5. The van der Waals surface area contributed by atoms with E-state index in [1.807, 2.05) is 0 Å². The van der Waals surface area contributed by atoms with Crippen LogP contribution in [0.5, 0.6) is 29.5 Å². The molecular weight excluding hydrogens is 1250 g/mol. The third kappa shape index (κ3) is 28.0. The van der Waals surface area contributed by atoms with Gasteiger partial charge < -0.3 is 52.2 Å². The van der Waals surface area contributed by atoms with E-state index in [1.54, 1.807) is 0 Å². The number of imidazole rings is 1. The number of imide groups is 2. The summed E-state index contributed by atoms with van der Waals surface area (Å²) in [6.45, 7) is -0.281. The largest absolute Gasteiger partial charge is 0.533 e. The molecule has 2 fully saturated rings.